The van der Waals surface area contributed by atoms with E-state index in [2.05, 4.69) is 6.92 Å². The smallest absolute Gasteiger partial charge is 0.478 e. The third-order valence-corrected chi connectivity index (χ3v) is 1.84. The predicted molar refractivity (Wildman–Crippen MR) is 59.2 cm³/mol. The van der Waals surface area contributed by atoms with Gasteiger partial charge in [-0.05, 0) is 19.8 Å². The molecule has 0 amide bonds. The molecule has 0 aromatic carbocycles. The minimum atomic E-state index is -5.08. The molecule has 0 atom stereocenters. The number of carbonyl (C=O) groups is 2. The minimum absolute atomic E-state index is 0.459. The fourth-order valence-electron chi connectivity index (χ4n) is 0.800. The number of unbranched alkanes of at least 4 members (excludes halogenated alkanes) is 3. The summed E-state index contributed by atoms with van der Waals surface area (Å²) in [7, 11) is 0. The lowest BCUT2D eigenvalue weighted by Gasteiger charge is -1.93. The Balaban J connectivity index is 0. The van der Waals surface area contributed by atoms with E-state index in [0.29, 0.717) is 5.57 Å². The van der Waals surface area contributed by atoms with Gasteiger partial charge in [-0.2, -0.15) is 13.2 Å². The van der Waals surface area contributed by atoms with Crippen LogP contribution in [0.1, 0.15) is 39.5 Å². The van der Waals surface area contributed by atoms with Gasteiger partial charge in [0.15, 0.2) is 0 Å². The first-order valence-corrected chi connectivity index (χ1v) is 5.33. The first-order valence-electron chi connectivity index (χ1n) is 5.33. The second-order valence-electron chi connectivity index (χ2n) is 3.49. The van der Waals surface area contributed by atoms with Crippen molar-refractivity contribution >= 4 is 11.9 Å². The fraction of sp³-hybridized carbons (Fsp3) is 0.636. The molecule has 0 rings (SSSR count). The number of rotatable bonds is 5. The summed E-state index contributed by atoms with van der Waals surface area (Å²) in [6, 6.07) is 0. The highest BCUT2D eigenvalue weighted by Crippen LogP contribution is 2.13. The highest BCUT2D eigenvalue weighted by molar-refractivity contribution is 5.85. The molecule has 0 radical (unpaired) electrons. The van der Waals surface area contributed by atoms with Gasteiger partial charge >= 0.3 is 18.1 Å². The zero-order valence-corrected chi connectivity index (χ0v) is 10.3. The van der Waals surface area contributed by atoms with E-state index in [1.807, 2.05) is 0 Å². The van der Waals surface area contributed by atoms with Crippen molar-refractivity contribution < 1.29 is 33.0 Å². The summed E-state index contributed by atoms with van der Waals surface area (Å²) in [5.74, 6) is -3.56. The molecule has 2 N–H and O–H groups in total. The van der Waals surface area contributed by atoms with Crippen molar-refractivity contribution in [3.05, 3.63) is 11.6 Å². The number of allylic oxidation sites excluding steroid dienone is 1. The van der Waals surface area contributed by atoms with Gasteiger partial charge in [-0.25, -0.2) is 9.59 Å². The number of halogens is 3. The molecule has 0 saturated carbocycles. The summed E-state index contributed by atoms with van der Waals surface area (Å²) in [5.41, 5.74) is 0.459. The molecule has 0 unspecified atom stereocenters. The molecular formula is C11H17F3O4. The Morgan fingerprint density at radius 3 is 1.89 bits per heavy atom. The van der Waals surface area contributed by atoms with Gasteiger partial charge in [0.05, 0.1) is 0 Å². The van der Waals surface area contributed by atoms with Gasteiger partial charge in [0.25, 0.3) is 0 Å². The summed E-state index contributed by atoms with van der Waals surface area (Å²) in [5, 5.41) is 15.6. The molecule has 0 aromatic rings. The van der Waals surface area contributed by atoms with Crippen LogP contribution in [0.5, 0.6) is 0 Å². The summed E-state index contributed by atoms with van der Waals surface area (Å²) in [6.07, 6.45) is 1.06. The number of carboxylic acid groups (broad SMARTS) is 2. The van der Waals surface area contributed by atoms with E-state index < -0.39 is 18.1 Å². The number of alkyl halides is 3. The van der Waals surface area contributed by atoms with Crippen LogP contribution in [-0.2, 0) is 9.59 Å². The molecule has 7 heteroatoms. The Hall–Kier alpha value is -1.53. The topological polar surface area (TPSA) is 74.6 Å². The van der Waals surface area contributed by atoms with E-state index in [1.54, 1.807) is 13.0 Å². The van der Waals surface area contributed by atoms with E-state index in [4.69, 9.17) is 15.0 Å². The van der Waals surface area contributed by atoms with Crippen LogP contribution in [0.4, 0.5) is 13.2 Å². The van der Waals surface area contributed by atoms with E-state index >= 15 is 0 Å². The summed E-state index contributed by atoms with van der Waals surface area (Å²) >= 11 is 0. The summed E-state index contributed by atoms with van der Waals surface area (Å²) in [6.45, 7) is 3.77. The first-order chi connectivity index (χ1) is 8.12. The Kier molecular flexibility index (Phi) is 9.93. The Morgan fingerprint density at radius 2 is 1.61 bits per heavy atom. The van der Waals surface area contributed by atoms with Crippen molar-refractivity contribution in [2.24, 2.45) is 0 Å². The maximum Gasteiger partial charge on any atom is 0.490 e. The lowest BCUT2D eigenvalue weighted by Crippen LogP contribution is -2.21. The zero-order chi connectivity index (χ0) is 14.8. The standard InChI is InChI=1S/C9H16O2.C2HF3O2/c1-3-4-5-6-7-8(2)9(10)11;3-2(4,5)1(6)7/h7H,3-6H2,1-2H3,(H,10,11);(H,6,7). The second-order valence-corrected chi connectivity index (χ2v) is 3.49. The Bertz CT molecular complexity index is 295. The molecule has 0 aromatic heterocycles. The van der Waals surface area contributed by atoms with Crippen LogP contribution in [0.15, 0.2) is 11.6 Å². The number of carboxylic acids is 2. The lowest BCUT2D eigenvalue weighted by atomic mass is 10.1. The lowest BCUT2D eigenvalue weighted by molar-refractivity contribution is -0.192. The van der Waals surface area contributed by atoms with Crippen molar-refractivity contribution in [3.8, 4) is 0 Å². The molecule has 0 saturated heterocycles. The van der Waals surface area contributed by atoms with Crippen LogP contribution in [0.2, 0.25) is 0 Å². The molecule has 0 fully saturated rings. The van der Waals surface area contributed by atoms with Gasteiger partial charge in [-0.1, -0.05) is 25.8 Å². The second kappa shape index (κ2) is 9.49. The normalized spacial score (nSPS) is 11.5. The molecule has 0 heterocycles. The third-order valence-electron chi connectivity index (χ3n) is 1.84. The summed E-state index contributed by atoms with van der Waals surface area (Å²) < 4.78 is 31.7. The Morgan fingerprint density at radius 1 is 1.17 bits per heavy atom. The van der Waals surface area contributed by atoms with Gasteiger partial charge in [-0.3, -0.25) is 0 Å². The molecule has 0 bridgehead atoms. The van der Waals surface area contributed by atoms with Crippen LogP contribution in [0, 0.1) is 0 Å². The van der Waals surface area contributed by atoms with E-state index in [0.717, 1.165) is 12.8 Å². The van der Waals surface area contributed by atoms with Crippen LogP contribution in [0.25, 0.3) is 0 Å². The van der Waals surface area contributed by atoms with Crippen LogP contribution in [0.3, 0.4) is 0 Å². The molecule has 0 aliphatic carbocycles. The van der Waals surface area contributed by atoms with Crippen molar-refractivity contribution in [2.45, 2.75) is 45.7 Å². The van der Waals surface area contributed by atoms with Gasteiger partial charge in [-0.15, -0.1) is 0 Å². The SMILES string of the molecule is CCCCCC=C(C)C(=O)O.O=C(O)C(F)(F)F. The number of aliphatic carboxylic acids is 2. The quantitative estimate of drug-likeness (QED) is 0.594. The van der Waals surface area contributed by atoms with Crippen LogP contribution in [-0.4, -0.2) is 28.3 Å². The molecule has 18 heavy (non-hydrogen) atoms. The van der Waals surface area contributed by atoms with Crippen molar-refractivity contribution in [2.75, 3.05) is 0 Å². The largest absolute Gasteiger partial charge is 0.490 e. The maximum atomic E-state index is 10.6. The molecule has 0 spiro atoms. The van der Waals surface area contributed by atoms with E-state index in [1.165, 1.54) is 12.8 Å². The van der Waals surface area contributed by atoms with Gasteiger partial charge in [0.1, 0.15) is 0 Å². The molecular weight excluding hydrogens is 253 g/mol. The molecule has 106 valence electrons. The van der Waals surface area contributed by atoms with Crippen LogP contribution < -0.4 is 0 Å². The van der Waals surface area contributed by atoms with E-state index in [-0.39, 0.29) is 0 Å². The average Bonchev–Trinajstić information content (AvgIpc) is 2.23. The highest BCUT2D eigenvalue weighted by atomic mass is 19.4. The predicted octanol–water partition coefficient (Wildman–Crippen LogP) is 3.23. The highest BCUT2D eigenvalue weighted by Gasteiger charge is 2.38. The minimum Gasteiger partial charge on any atom is -0.478 e. The summed E-state index contributed by atoms with van der Waals surface area (Å²) in [4.78, 5) is 19.2. The molecule has 0 aliphatic rings. The van der Waals surface area contributed by atoms with Gasteiger partial charge in [0, 0.05) is 5.57 Å². The third kappa shape index (κ3) is 12.5. The van der Waals surface area contributed by atoms with Crippen molar-refractivity contribution in [1.29, 1.82) is 0 Å². The average molecular weight is 270 g/mol. The number of hydrogen-bond acceptors (Lipinski definition) is 2. The van der Waals surface area contributed by atoms with Crippen molar-refractivity contribution in [1.82, 2.24) is 0 Å². The molecule has 4 nitrogen and oxygen atoms in total. The maximum absolute atomic E-state index is 10.6. The van der Waals surface area contributed by atoms with E-state index in [9.17, 15) is 18.0 Å². The van der Waals surface area contributed by atoms with Gasteiger partial charge in [0.2, 0.25) is 0 Å². The fourth-order valence-corrected chi connectivity index (χ4v) is 0.800. The number of hydrogen-bond donors (Lipinski definition) is 2. The Labute approximate surface area is 103 Å². The first kappa shape index (κ1) is 18.8. The van der Waals surface area contributed by atoms with Crippen molar-refractivity contribution in [3.63, 3.8) is 0 Å². The van der Waals surface area contributed by atoms with Crippen LogP contribution >= 0.6 is 0 Å². The van der Waals surface area contributed by atoms with Gasteiger partial charge < -0.3 is 10.2 Å². The monoisotopic (exact) mass is 270 g/mol. The zero-order valence-electron chi connectivity index (χ0n) is 10.3. The molecule has 0 aliphatic heterocycles.